The number of fused-ring (bicyclic) bond motifs is 1. The molecule has 0 aliphatic carbocycles. The number of aromatic nitrogens is 3. The zero-order valence-electron chi connectivity index (χ0n) is 24.9. The first-order chi connectivity index (χ1) is 20.6. The Morgan fingerprint density at radius 3 is 2.33 bits per heavy atom. The lowest BCUT2D eigenvalue weighted by Crippen LogP contribution is -2.22. The predicted molar refractivity (Wildman–Crippen MR) is 163 cm³/mol. The summed E-state index contributed by atoms with van der Waals surface area (Å²) in [6, 6.07) is 15.3. The van der Waals surface area contributed by atoms with Crippen LogP contribution >= 0.6 is 0 Å². The third kappa shape index (κ3) is 5.83. The predicted octanol–water partition coefficient (Wildman–Crippen LogP) is 7.10. The van der Waals surface area contributed by atoms with Crippen LogP contribution in [-0.4, -0.2) is 35.0 Å². The monoisotopic (exact) mass is 581 g/mol. The lowest BCUT2D eigenvalue weighted by Gasteiger charge is -2.13. The average molecular weight is 582 g/mol. The minimum absolute atomic E-state index is 0.0585. The van der Waals surface area contributed by atoms with Crippen molar-refractivity contribution in [1.29, 1.82) is 0 Å². The van der Waals surface area contributed by atoms with Crippen molar-refractivity contribution in [2.45, 2.75) is 40.0 Å². The van der Waals surface area contributed by atoms with Gasteiger partial charge in [-0.15, -0.1) is 0 Å². The van der Waals surface area contributed by atoms with Crippen LogP contribution in [0.25, 0.3) is 22.2 Å². The number of carbonyl (C=O) groups excluding carboxylic acids is 1. The van der Waals surface area contributed by atoms with E-state index in [1.807, 2.05) is 31.2 Å². The van der Waals surface area contributed by atoms with E-state index < -0.39 is 11.6 Å². The van der Waals surface area contributed by atoms with Crippen molar-refractivity contribution in [3.63, 3.8) is 0 Å². The number of ketones is 1. The normalized spacial score (nSPS) is 11.2. The Morgan fingerprint density at radius 1 is 0.930 bits per heavy atom. The number of Topliss-reactive ketones (excluding diaryl/α,β-unsaturated/α-hetero) is 1. The molecule has 0 aliphatic heterocycles. The first kappa shape index (κ1) is 29.4. The number of benzene rings is 2. The Labute approximate surface area is 248 Å². The highest BCUT2D eigenvalue weighted by atomic mass is 19.1. The van der Waals surface area contributed by atoms with E-state index >= 15 is 4.39 Å². The summed E-state index contributed by atoms with van der Waals surface area (Å²) in [5, 5.41) is 0. The number of aryl methyl sites for hydroxylation is 2. The van der Waals surface area contributed by atoms with Crippen molar-refractivity contribution < 1.29 is 23.4 Å². The van der Waals surface area contributed by atoms with Crippen LogP contribution in [0.15, 0.2) is 65.6 Å². The number of H-pyrrole nitrogens is 1. The lowest BCUT2D eigenvalue weighted by molar-refractivity contribution is 0.0991. The third-order valence-electron chi connectivity index (χ3n) is 7.33. The maximum Gasteiger partial charge on any atom is 0.257 e. The van der Waals surface area contributed by atoms with E-state index in [9.17, 15) is 9.59 Å². The van der Waals surface area contributed by atoms with Gasteiger partial charge in [-0.25, -0.2) is 9.37 Å². The molecule has 220 valence electrons. The molecular formula is C34H32FN3O5. The van der Waals surface area contributed by atoms with Gasteiger partial charge in [0.15, 0.2) is 28.8 Å². The molecule has 8 nitrogen and oxygen atoms in total. The smallest absolute Gasteiger partial charge is 0.257 e. The van der Waals surface area contributed by atoms with Gasteiger partial charge < -0.3 is 19.2 Å². The van der Waals surface area contributed by atoms with Gasteiger partial charge in [0, 0.05) is 41.7 Å². The minimum Gasteiger partial charge on any atom is -0.491 e. The number of aromatic amines is 1. The van der Waals surface area contributed by atoms with E-state index in [0.717, 1.165) is 11.1 Å². The standard InChI is InChI=1S/C34H32FN3O5/c1-18(2)22-8-10-23(11-9-22)30-19(3)37-20(4)31(33(30)40)26(39)16-21-7-12-27(24(35)15-21)43-28-13-14-36-25-17-29(41-5)34(42-6)38-32(25)28/h7-15,17-18H,16H2,1-6H3,(H,37,40). The number of nitrogens with one attached hydrogen (secondary N) is 1. The molecule has 0 saturated carbocycles. The second kappa shape index (κ2) is 12.1. The van der Waals surface area contributed by atoms with Gasteiger partial charge in [-0.2, -0.15) is 0 Å². The van der Waals surface area contributed by atoms with E-state index in [-0.39, 0.29) is 34.8 Å². The Morgan fingerprint density at radius 2 is 1.67 bits per heavy atom. The highest BCUT2D eigenvalue weighted by molar-refractivity contribution is 5.99. The van der Waals surface area contributed by atoms with Crippen molar-refractivity contribution in [2.24, 2.45) is 0 Å². The summed E-state index contributed by atoms with van der Waals surface area (Å²) in [6.45, 7) is 7.72. The minimum atomic E-state index is -0.670. The molecule has 0 atom stereocenters. The molecular weight excluding hydrogens is 549 g/mol. The average Bonchev–Trinajstić information content (AvgIpc) is 2.98. The largest absolute Gasteiger partial charge is 0.491 e. The van der Waals surface area contributed by atoms with Crippen LogP contribution in [-0.2, 0) is 6.42 Å². The molecule has 0 aliphatic rings. The maximum absolute atomic E-state index is 15.3. The van der Waals surface area contributed by atoms with Crippen LogP contribution < -0.4 is 19.6 Å². The number of nitrogens with zero attached hydrogens (tertiary/aromatic N) is 2. The van der Waals surface area contributed by atoms with Gasteiger partial charge >= 0.3 is 0 Å². The summed E-state index contributed by atoms with van der Waals surface area (Å²) in [4.78, 5) is 38.9. The highest BCUT2D eigenvalue weighted by Crippen LogP contribution is 2.35. The number of ether oxygens (including phenoxy) is 3. The summed E-state index contributed by atoms with van der Waals surface area (Å²) in [7, 11) is 2.96. The number of hydrogen-bond acceptors (Lipinski definition) is 7. The molecule has 5 aromatic rings. The Kier molecular flexibility index (Phi) is 8.25. The molecule has 0 amide bonds. The molecule has 0 bridgehead atoms. The van der Waals surface area contributed by atoms with Crippen LogP contribution in [0.3, 0.4) is 0 Å². The second-order valence-electron chi connectivity index (χ2n) is 10.6. The van der Waals surface area contributed by atoms with E-state index in [0.29, 0.717) is 45.2 Å². The number of pyridine rings is 3. The molecule has 3 aromatic heterocycles. The van der Waals surface area contributed by atoms with Crippen LogP contribution in [0.4, 0.5) is 4.39 Å². The Bertz CT molecular complexity index is 1900. The number of halogens is 1. The second-order valence-corrected chi connectivity index (χ2v) is 10.6. The third-order valence-corrected chi connectivity index (χ3v) is 7.33. The first-order valence-electron chi connectivity index (χ1n) is 13.8. The fourth-order valence-electron chi connectivity index (χ4n) is 5.11. The van der Waals surface area contributed by atoms with Crippen LogP contribution in [0.2, 0.25) is 0 Å². The van der Waals surface area contributed by atoms with Crippen molar-refractivity contribution in [2.75, 3.05) is 14.2 Å². The molecule has 9 heteroatoms. The first-order valence-corrected chi connectivity index (χ1v) is 13.8. The molecule has 0 spiro atoms. The maximum atomic E-state index is 15.3. The number of carbonyl (C=O) groups is 1. The topological polar surface area (TPSA) is 103 Å². The molecule has 43 heavy (non-hydrogen) atoms. The summed E-state index contributed by atoms with van der Waals surface area (Å²) in [6.07, 6.45) is 1.36. The van der Waals surface area contributed by atoms with Gasteiger partial charge in [0.25, 0.3) is 5.88 Å². The molecule has 0 fully saturated rings. The Hall–Kier alpha value is -5.05. The molecule has 5 rings (SSSR count). The molecule has 0 saturated heterocycles. The quantitative estimate of drug-likeness (QED) is 0.185. The van der Waals surface area contributed by atoms with Crippen molar-refractivity contribution in [3.8, 4) is 34.3 Å². The van der Waals surface area contributed by atoms with E-state index in [1.165, 1.54) is 32.5 Å². The number of hydrogen-bond donors (Lipinski definition) is 1. The molecule has 2 aromatic carbocycles. The highest BCUT2D eigenvalue weighted by Gasteiger charge is 2.21. The zero-order valence-corrected chi connectivity index (χ0v) is 24.9. The van der Waals surface area contributed by atoms with Crippen LogP contribution in [0, 0.1) is 19.7 Å². The summed E-state index contributed by atoms with van der Waals surface area (Å²) in [5.41, 5.74) is 4.45. The van der Waals surface area contributed by atoms with Gasteiger partial charge in [0.05, 0.1) is 25.3 Å². The molecule has 1 N–H and O–H groups in total. The van der Waals surface area contributed by atoms with Crippen molar-refractivity contribution in [1.82, 2.24) is 15.0 Å². The lowest BCUT2D eigenvalue weighted by atomic mass is 9.94. The fourth-order valence-corrected chi connectivity index (χ4v) is 5.11. The summed E-state index contributed by atoms with van der Waals surface area (Å²) in [5.74, 6) is 0.127. The Balaban J connectivity index is 1.41. The van der Waals surface area contributed by atoms with Gasteiger partial charge in [-0.05, 0) is 48.6 Å². The van der Waals surface area contributed by atoms with Gasteiger partial charge in [0.1, 0.15) is 5.52 Å². The molecule has 0 radical (unpaired) electrons. The summed E-state index contributed by atoms with van der Waals surface area (Å²) < 4.78 is 31.7. The van der Waals surface area contributed by atoms with Crippen molar-refractivity contribution >= 4 is 16.8 Å². The number of methoxy groups -OCH3 is 2. The van der Waals surface area contributed by atoms with E-state index in [1.54, 1.807) is 25.1 Å². The van der Waals surface area contributed by atoms with E-state index in [4.69, 9.17) is 14.2 Å². The van der Waals surface area contributed by atoms with E-state index in [2.05, 4.69) is 28.8 Å². The van der Waals surface area contributed by atoms with Crippen molar-refractivity contribution in [3.05, 3.63) is 105 Å². The number of rotatable bonds is 9. The SMILES string of the molecule is COc1cc2nccc(Oc3ccc(CC(=O)c4c(C)[nH]c(C)c(-c5ccc(C(C)C)cc5)c4=O)cc3F)c2nc1OC. The van der Waals surface area contributed by atoms with Crippen LogP contribution in [0.5, 0.6) is 23.1 Å². The van der Waals surface area contributed by atoms with Crippen LogP contribution in [0.1, 0.15) is 52.6 Å². The molecule has 0 unspecified atom stereocenters. The molecule has 3 heterocycles. The summed E-state index contributed by atoms with van der Waals surface area (Å²) >= 11 is 0. The zero-order chi connectivity index (χ0) is 30.8. The van der Waals surface area contributed by atoms with Gasteiger partial charge in [-0.1, -0.05) is 44.2 Å². The fraction of sp³-hybridized carbons (Fsp3) is 0.235. The van der Waals surface area contributed by atoms with Gasteiger partial charge in [0.2, 0.25) is 5.43 Å². The van der Waals surface area contributed by atoms with Gasteiger partial charge in [-0.3, -0.25) is 14.6 Å².